The largest absolute Gasteiger partial charge is 0.477 e. The first-order chi connectivity index (χ1) is 13.0. The molecule has 1 saturated carbocycles. The van der Waals surface area contributed by atoms with Gasteiger partial charge < -0.3 is 9.30 Å². The molecule has 3 heterocycles. The zero-order chi connectivity index (χ0) is 19.0. The van der Waals surface area contributed by atoms with E-state index in [1.165, 1.54) is 5.56 Å². The Bertz CT molecular complexity index is 1030. The molecule has 0 bridgehead atoms. The van der Waals surface area contributed by atoms with Crippen molar-refractivity contribution in [3.8, 4) is 17.0 Å². The molecule has 3 aromatic rings. The average Bonchev–Trinajstić information content (AvgIpc) is 3.43. The smallest absolute Gasteiger partial charge is 0.250 e. The summed E-state index contributed by atoms with van der Waals surface area (Å²) in [6.45, 7) is 4.48. The van der Waals surface area contributed by atoms with Crippen molar-refractivity contribution in [1.29, 1.82) is 0 Å². The molecule has 3 aromatic heterocycles. The molecule has 138 valence electrons. The number of pyridine rings is 2. The summed E-state index contributed by atoms with van der Waals surface area (Å²) < 4.78 is 7.62. The van der Waals surface area contributed by atoms with Crippen LogP contribution in [0.2, 0.25) is 0 Å². The molecular formula is C21H22N4O2. The molecule has 2 atom stereocenters. The molecule has 0 amide bonds. The fraction of sp³-hybridized carbons (Fsp3) is 0.333. The third-order valence-electron chi connectivity index (χ3n) is 4.94. The van der Waals surface area contributed by atoms with Gasteiger partial charge in [0.15, 0.2) is 0 Å². The Labute approximate surface area is 157 Å². The van der Waals surface area contributed by atoms with E-state index in [-0.39, 0.29) is 5.56 Å². The van der Waals surface area contributed by atoms with Gasteiger partial charge in [-0.05, 0) is 38.0 Å². The number of nitrogens with zero attached hydrogens (tertiary/aromatic N) is 4. The minimum atomic E-state index is -0.0549. The van der Waals surface area contributed by atoms with Gasteiger partial charge in [-0.15, -0.1) is 0 Å². The second-order valence-corrected chi connectivity index (χ2v) is 7.18. The van der Waals surface area contributed by atoms with E-state index in [1.807, 2.05) is 20.0 Å². The van der Waals surface area contributed by atoms with Crippen LogP contribution in [0.3, 0.4) is 0 Å². The molecule has 0 spiro atoms. The molecule has 0 N–H and O–H groups in total. The van der Waals surface area contributed by atoms with E-state index in [9.17, 15) is 4.79 Å². The topological polar surface area (TPSA) is 69.9 Å². The van der Waals surface area contributed by atoms with Crippen molar-refractivity contribution in [2.75, 3.05) is 6.61 Å². The van der Waals surface area contributed by atoms with Crippen LogP contribution in [-0.2, 0) is 7.05 Å². The molecule has 6 heteroatoms. The standard InChI is InChI=1S/C21H22N4O2/c1-13-4-6-19(23-9-13)17-8-16(17)12-27-21-18(10-22-14(2)24-21)15-5-7-20(26)25(3)11-15/h4-7,9-11,16-17H,8,12H2,1-3H3. The van der Waals surface area contributed by atoms with Gasteiger partial charge >= 0.3 is 0 Å². The number of aryl methyl sites for hydroxylation is 3. The summed E-state index contributed by atoms with van der Waals surface area (Å²) in [6.07, 6.45) is 6.52. The molecule has 0 aromatic carbocycles. The van der Waals surface area contributed by atoms with E-state index >= 15 is 0 Å². The fourth-order valence-corrected chi connectivity index (χ4v) is 3.19. The second-order valence-electron chi connectivity index (χ2n) is 7.18. The Kier molecular flexibility index (Phi) is 4.48. The van der Waals surface area contributed by atoms with Gasteiger partial charge in [0.1, 0.15) is 5.82 Å². The van der Waals surface area contributed by atoms with Crippen LogP contribution >= 0.6 is 0 Å². The minimum Gasteiger partial charge on any atom is -0.477 e. The summed E-state index contributed by atoms with van der Waals surface area (Å²) in [5.41, 5.74) is 3.90. The van der Waals surface area contributed by atoms with Crippen molar-refractivity contribution in [3.63, 3.8) is 0 Å². The predicted octanol–water partition coefficient (Wildman–Crippen LogP) is 3.04. The SMILES string of the molecule is Cc1ccc(C2CC2COc2nc(C)ncc2-c2ccc(=O)n(C)c2)nc1. The molecule has 1 aliphatic carbocycles. The zero-order valence-electron chi connectivity index (χ0n) is 15.7. The van der Waals surface area contributed by atoms with Crippen LogP contribution in [0.4, 0.5) is 0 Å². The maximum Gasteiger partial charge on any atom is 0.250 e. The van der Waals surface area contributed by atoms with Crippen LogP contribution in [-0.4, -0.2) is 26.1 Å². The van der Waals surface area contributed by atoms with Crippen LogP contribution in [0.1, 0.15) is 29.4 Å². The summed E-state index contributed by atoms with van der Waals surface area (Å²) in [5, 5.41) is 0. The normalized spacial score (nSPS) is 18.3. The van der Waals surface area contributed by atoms with Crippen LogP contribution < -0.4 is 10.3 Å². The van der Waals surface area contributed by atoms with Crippen molar-refractivity contribution >= 4 is 0 Å². The highest BCUT2D eigenvalue weighted by Crippen LogP contribution is 2.47. The first-order valence-corrected chi connectivity index (χ1v) is 9.07. The lowest BCUT2D eigenvalue weighted by Crippen LogP contribution is -2.14. The second kappa shape index (κ2) is 6.95. The summed E-state index contributed by atoms with van der Waals surface area (Å²) in [5.74, 6) is 2.12. The summed E-state index contributed by atoms with van der Waals surface area (Å²) in [6, 6.07) is 7.52. The van der Waals surface area contributed by atoms with Crippen molar-refractivity contribution < 1.29 is 4.74 Å². The minimum absolute atomic E-state index is 0.0549. The third kappa shape index (κ3) is 3.74. The van der Waals surface area contributed by atoms with Crippen LogP contribution in [0.15, 0.2) is 47.7 Å². The highest BCUT2D eigenvalue weighted by molar-refractivity contribution is 5.66. The highest BCUT2D eigenvalue weighted by atomic mass is 16.5. The number of ether oxygens (including phenoxy) is 1. The van der Waals surface area contributed by atoms with E-state index in [0.717, 1.165) is 23.2 Å². The van der Waals surface area contributed by atoms with Gasteiger partial charge in [0, 0.05) is 54.8 Å². The van der Waals surface area contributed by atoms with Crippen molar-refractivity contribution in [3.05, 3.63) is 70.3 Å². The van der Waals surface area contributed by atoms with Gasteiger partial charge in [-0.3, -0.25) is 9.78 Å². The highest BCUT2D eigenvalue weighted by Gasteiger charge is 2.40. The Hall–Kier alpha value is -3.02. The molecule has 27 heavy (non-hydrogen) atoms. The van der Waals surface area contributed by atoms with E-state index in [2.05, 4.69) is 27.1 Å². The fourth-order valence-electron chi connectivity index (χ4n) is 3.19. The van der Waals surface area contributed by atoms with E-state index in [4.69, 9.17) is 4.74 Å². The Morgan fingerprint density at radius 1 is 1.15 bits per heavy atom. The van der Waals surface area contributed by atoms with Gasteiger partial charge in [-0.25, -0.2) is 4.98 Å². The first-order valence-electron chi connectivity index (χ1n) is 9.07. The van der Waals surface area contributed by atoms with Crippen molar-refractivity contribution in [2.24, 2.45) is 13.0 Å². The zero-order valence-corrected chi connectivity index (χ0v) is 15.7. The van der Waals surface area contributed by atoms with Gasteiger partial charge in [-0.2, -0.15) is 4.98 Å². The lowest BCUT2D eigenvalue weighted by atomic mass is 10.1. The first kappa shape index (κ1) is 17.4. The van der Waals surface area contributed by atoms with Crippen molar-refractivity contribution in [2.45, 2.75) is 26.2 Å². The summed E-state index contributed by atoms with van der Waals surface area (Å²) in [7, 11) is 1.73. The molecule has 0 radical (unpaired) electrons. The molecule has 0 saturated heterocycles. The lowest BCUT2D eigenvalue weighted by molar-refractivity contribution is 0.285. The number of hydrogen-bond acceptors (Lipinski definition) is 5. The maximum atomic E-state index is 11.7. The number of rotatable bonds is 5. The summed E-state index contributed by atoms with van der Waals surface area (Å²) >= 11 is 0. The van der Waals surface area contributed by atoms with Gasteiger partial charge in [0.25, 0.3) is 0 Å². The lowest BCUT2D eigenvalue weighted by Gasteiger charge is -2.11. The molecule has 1 aliphatic rings. The van der Waals surface area contributed by atoms with Gasteiger partial charge in [0.2, 0.25) is 11.4 Å². The van der Waals surface area contributed by atoms with Crippen LogP contribution in [0.5, 0.6) is 5.88 Å². The quantitative estimate of drug-likeness (QED) is 0.698. The monoisotopic (exact) mass is 362 g/mol. The number of aromatic nitrogens is 4. The molecule has 6 nitrogen and oxygen atoms in total. The molecule has 4 rings (SSSR count). The van der Waals surface area contributed by atoms with Crippen LogP contribution in [0, 0.1) is 19.8 Å². The Morgan fingerprint density at radius 3 is 2.74 bits per heavy atom. The van der Waals surface area contributed by atoms with E-state index in [0.29, 0.717) is 30.1 Å². The molecule has 1 fully saturated rings. The Morgan fingerprint density at radius 2 is 2.00 bits per heavy atom. The van der Waals surface area contributed by atoms with Crippen molar-refractivity contribution in [1.82, 2.24) is 19.5 Å². The van der Waals surface area contributed by atoms with E-state index < -0.39 is 0 Å². The maximum absolute atomic E-state index is 11.7. The Balaban J connectivity index is 1.51. The summed E-state index contributed by atoms with van der Waals surface area (Å²) in [4.78, 5) is 24.9. The van der Waals surface area contributed by atoms with E-state index in [1.54, 1.807) is 36.1 Å². The predicted molar refractivity (Wildman–Crippen MR) is 103 cm³/mol. The average molecular weight is 362 g/mol. The molecule has 2 unspecified atom stereocenters. The van der Waals surface area contributed by atoms with Gasteiger partial charge in [-0.1, -0.05) is 6.07 Å². The number of hydrogen-bond donors (Lipinski definition) is 0. The van der Waals surface area contributed by atoms with Gasteiger partial charge in [0.05, 0.1) is 12.2 Å². The third-order valence-corrected chi connectivity index (χ3v) is 4.94. The van der Waals surface area contributed by atoms with Crippen LogP contribution in [0.25, 0.3) is 11.1 Å². The molecule has 0 aliphatic heterocycles. The molecular weight excluding hydrogens is 340 g/mol.